The highest BCUT2D eigenvalue weighted by Gasteiger charge is 2.30. The Hall–Kier alpha value is -1.75. The third-order valence-electron chi connectivity index (χ3n) is 4.13. The lowest BCUT2D eigenvalue weighted by Crippen LogP contribution is -2.33. The zero-order valence-corrected chi connectivity index (χ0v) is 13.0. The maximum Gasteiger partial charge on any atom is 0.222 e. The fourth-order valence-corrected chi connectivity index (χ4v) is 2.77. The molecule has 2 N–H and O–H groups in total. The number of methoxy groups -OCH3 is 2. The van der Waals surface area contributed by atoms with Crippen LogP contribution in [0.15, 0.2) is 18.2 Å². The van der Waals surface area contributed by atoms with E-state index in [1.165, 1.54) is 0 Å². The van der Waals surface area contributed by atoms with Gasteiger partial charge in [0, 0.05) is 25.1 Å². The molecule has 0 spiro atoms. The number of nitrogens with zero attached hydrogens (tertiary/aromatic N) is 1. The van der Waals surface area contributed by atoms with Crippen LogP contribution in [0.1, 0.15) is 31.4 Å². The number of carbonyl (C=O) groups is 1. The van der Waals surface area contributed by atoms with Gasteiger partial charge in [-0.1, -0.05) is 13.3 Å². The van der Waals surface area contributed by atoms with Gasteiger partial charge in [-0.05, 0) is 24.1 Å². The summed E-state index contributed by atoms with van der Waals surface area (Å²) in [5.74, 6) is 2.11. The maximum atomic E-state index is 12.0. The molecule has 2 atom stereocenters. The van der Waals surface area contributed by atoms with Crippen LogP contribution in [0.25, 0.3) is 0 Å². The number of likely N-dealkylation sites (tertiary alicyclic amines) is 1. The Morgan fingerprint density at radius 1 is 1.38 bits per heavy atom. The van der Waals surface area contributed by atoms with Gasteiger partial charge in [0.2, 0.25) is 5.91 Å². The predicted molar refractivity (Wildman–Crippen MR) is 81.5 cm³/mol. The molecule has 1 aliphatic heterocycles. The number of nitrogens with two attached hydrogens (primary N) is 1. The minimum Gasteiger partial charge on any atom is -0.497 e. The number of rotatable bonds is 6. The average molecular weight is 292 g/mol. The van der Waals surface area contributed by atoms with Crippen molar-refractivity contribution < 1.29 is 14.3 Å². The van der Waals surface area contributed by atoms with E-state index in [9.17, 15) is 4.79 Å². The summed E-state index contributed by atoms with van der Waals surface area (Å²) < 4.78 is 10.6. The number of benzene rings is 1. The summed E-state index contributed by atoms with van der Waals surface area (Å²) in [5, 5.41) is 0. The number of amides is 1. The van der Waals surface area contributed by atoms with Gasteiger partial charge in [0.15, 0.2) is 0 Å². The molecule has 0 aromatic heterocycles. The molecule has 21 heavy (non-hydrogen) atoms. The van der Waals surface area contributed by atoms with E-state index in [-0.39, 0.29) is 11.9 Å². The number of hydrogen-bond acceptors (Lipinski definition) is 4. The third kappa shape index (κ3) is 3.47. The van der Waals surface area contributed by atoms with E-state index in [2.05, 4.69) is 6.92 Å². The van der Waals surface area contributed by atoms with Crippen LogP contribution < -0.4 is 15.2 Å². The van der Waals surface area contributed by atoms with E-state index in [4.69, 9.17) is 15.2 Å². The summed E-state index contributed by atoms with van der Waals surface area (Å²) in [6, 6.07) is 5.27. The number of ether oxygens (including phenoxy) is 2. The van der Waals surface area contributed by atoms with Gasteiger partial charge in [0.1, 0.15) is 11.5 Å². The molecule has 0 aliphatic carbocycles. The summed E-state index contributed by atoms with van der Waals surface area (Å²) in [4.78, 5) is 13.9. The minimum absolute atomic E-state index is 0.194. The maximum absolute atomic E-state index is 12.0. The summed E-state index contributed by atoms with van der Waals surface area (Å²) >= 11 is 0. The Morgan fingerprint density at radius 3 is 2.71 bits per heavy atom. The molecule has 1 saturated heterocycles. The van der Waals surface area contributed by atoms with Crippen molar-refractivity contribution in [3.63, 3.8) is 0 Å². The Balaban J connectivity index is 2.12. The highest BCUT2D eigenvalue weighted by atomic mass is 16.5. The summed E-state index contributed by atoms with van der Waals surface area (Å²) in [6.45, 7) is 3.43. The van der Waals surface area contributed by atoms with Crippen LogP contribution in [0.5, 0.6) is 11.5 Å². The first-order chi connectivity index (χ1) is 10.1. The Morgan fingerprint density at radius 2 is 2.14 bits per heavy atom. The van der Waals surface area contributed by atoms with Crippen LogP contribution >= 0.6 is 0 Å². The largest absolute Gasteiger partial charge is 0.497 e. The van der Waals surface area contributed by atoms with E-state index < -0.39 is 0 Å². The second-order valence-corrected chi connectivity index (χ2v) is 5.49. The molecule has 2 rings (SSSR count). The van der Waals surface area contributed by atoms with Crippen molar-refractivity contribution in [1.29, 1.82) is 0 Å². The van der Waals surface area contributed by atoms with Gasteiger partial charge in [0.05, 0.1) is 20.3 Å². The molecule has 5 nitrogen and oxygen atoms in total. The highest BCUT2D eigenvalue weighted by Crippen LogP contribution is 2.30. The first-order valence-electron chi connectivity index (χ1n) is 7.34. The fourth-order valence-electron chi connectivity index (χ4n) is 2.77. The molecular weight excluding hydrogens is 268 g/mol. The lowest BCUT2D eigenvalue weighted by Gasteiger charge is -2.23. The van der Waals surface area contributed by atoms with Gasteiger partial charge >= 0.3 is 0 Å². The molecule has 5 heteroatoms. The van der Waals surface area contributed by atoms with Crippen LogP contribution in [0.2, 0.25) is 0 Å². The molecule has 0 bridgehead atoms. The molecule has 116 valence electrons. The normalized spacial score (nSPS) is 19.7. The molecule has 1 heterocycles. The first kappa shape index (κ1) is 15.6. The Bertz CT molecular complexity index is 504. The topological polar surface area (TPSA) is 64.8 Å². The van der Waals surface area contributed by atoms with Crippen molar-refractivity contribution >= 4 is 5.91 Å². The van der Waals surface area contributed by atoms with Crippen molar-refractivity contribution in [2.24, 2.45) is 11.7 Å². The summed E-state index contributed by atoms with van der Waals surface area (Å²) in [5.41, 5.74) is 7.16. The molecule has 1 aromatic rings. The SMILES string of the molecule is CCC1CC(=O)N(CC(N)c2cc(OC)ccc2OC)C1. The molecule has 1 amide bonds. The second kappa shape index (κ2) is 6.80. The third-order valence-corrected chi connectivity index (χ3v) is 4.13. The fraction of sp³-hybridized carbons (Fsp3) is 0.562. The quantitative estimate of drug-likeness (QED) is 0.870. The van der Waals surface area contributed by atoms with Crippen molar-refractivity contribution in [3.8, 4) is 11.5 Å². The molecule has 1 aromatic carbocycles. The van der Waals surface area contributed by atoms with E-state index in [1.54, 1.807) is 14.2 Å². The van der Waals surface area contributed by atoms with Crippen LogP contribution in [0, 0.1) is 5.92 Å². The van der Waals surface area contributed by atoms with Crippen molar-refractivity contribution in [2.75, 3.05) is 27.3 Å². The van der Waals surface area contributed by atoms with Crippen LogP contribution in [-0.2, 0) is 4.79 Å². The molecular formula is C16H24N2O3. The zero-order chi connectivity index (χ0) is 15.4. The molecule has 0 radical (unpaired) electrons. The number of hydrogen-bond donors (Lipinski definition) is 1. The highest BCUT2D eigenvalue weighted by molar-refractivity contribution is 5.78. The predicted octanol–water partition coefficient (Wildman–Crippen LogP) is 1.96. The number of carbonyl (C=O) groups excluding carboxylic acids is 1. The zero-order valence-electron chi connectivity index (χ0n) is 13.0. The van der Waals surface area contributed by atoms with Gasteiger partial charge in [-0.15, -0.1) is 0 Å². The van der Waals surface area contributed by atoms with Gasteiger partial charge in [-0.2, -0.15) is 0 Å². The van der Waals surface area contributed by atoms with Crippen molar-refractivity contribution in [2.45, 2.75) is 25.8 Å². The van der Waals surface area contributed by atoms with Crippen molar-refractivity contribution in [1.82, 2.24) is 4.90 Å². The Labute approximate surface area is 126 Å². The lowest BCUT2D eigenvalue weighted by atomic mass is 10.1. The minimum atomic E-state index is -0.283. The van der Waals surface area contributed by atoms with Crippen molar-refractivity contribution in [3.05, 3.63) is 23.8 Å². The average Bonchev–Trinajstić information content (AvgIpc) is 2.86. The summed E-state index contributed by atoms with van der Waals surface area (Å²) in [7, 11) is 3.24. The second-order valence-electron chi connectivity index (χ2n) is 5.49. The van der Waals surface area contributed by atoms with E-state index in [0.29, 0.717) is 18.9 Å². The standard InChI is InChI=1S/C16H24N2O3/c1-4-11-7-16(19)18(9-11)10-14(17)13-8-12(20-2)5-6-15(13)21-3/h5-6,8,11,14H,4,7,9-10,17H2,1-3H3. The Kier molecular flexibility index (Phi) is 5.07. The first-order valence-corrected chi connectivity index (χ1v) is 7.34. The van der Waals surface area contributed by atoms with E-state index in [0.717, 1.165) is 30.0 Å². The smallest absolute Gasteiger partial charge is 0.222 e. The monoisotopic (exact) mass is 292 g/mol. The van der Waals surface area contributed by atoms with Gasteiger partial charge in [0.25, 0.3) is 0 Å². The lowest BCUT2D eigenvalue weighted by molar-refractivity contribution is -0.127. The van der Waals surface area contributed by atoms with Crippen LogP contribution in [0.3, 0.4) is 0 Å². The molecule has 2 unspecified atom stereocenters. The van der Waals surface area contributed by atoms with Gasteiger partial charge < -0.3 is 20.1 Å². The van der Waals surface area contributed by atoms with E-state index in [1.807, 2.05) is 23.1 Å². The molecule has 1 aliphatic rings. The van der Waals surface area contributed by atoms with Gasteiger partial charge in [-0.25, -0.2) is 0 Å². The van der Waals surface area contributed by atoms with Crippen LogP contribution in [-0.4, -0.2) is 38.1 Å². The molecule has 0 saturated carbocycles. The van der Waals surface area contributed by atoms with Crippen LogP contribution in [0.4, 0.5) is 0 Å². The summed E-state index contributed by atoms with van der Waals surface area (Å²) in [6.07, 6.45) is 1.67. The van der Waals surface area contributed by atoms with Gasteiger partial charge in [-0.3, -0.25) is 4.79 Å². The molecule has 1 fully saturated rings. The van der Waals surface area contributed by atoms with E-state index >= 15 is 0 Å².